The number of carbonyl (C=O) groups is 1. The maximum atomic E-state index is 12.6. The summed E-state index contributed by atoms with van der Waals surface area (Å²) in [6.07, 6.45) is 6.56. The van der Waals surface area contributed by atoms with E-state index in [0.29, 0.717) is 12.8 Å². The Morgan fingerprint density at radius 1 is 0.750 bits per heavy atom. The average molecular weight is 528 g/mol. The fraction of sp³-hybridized carbons (Fsp3) is 0.235. The number of ketones is 1. The first kappa shape index (κ1) is 25.8. The highest BCUT2D eigenvalue weighted by Gasteiger charge is 2.19. The van der Waals surface area contributed by atoms with Crippen molar-refractivity contribution in [2.45, 2.75) is 26.3 Å². The van der Waals surface area contributed by atoms with Gasteiger partial charge in [0.15, 0.2) is 0 Å². The molecule has 0 radical (unpaired) electrons. The third-order valence-corrected chi connectivity index (χ3v) is 7.53. The molecule has 6 rings (SSSR count). The highest BCUT2D eigenvalue weighted by atomic mass is 16.1. The zero-order valence-electron chi connectivity index (χ0n) is 22.8. The molecular weight excluding hydrogens is 494 g/mol. The lowest BCUT2D eigenvalue weighted by Gasteiger charge is -2.35. The predicted octanol–water partition coefficient (Wildman–Crippen LogP) is 5.68. The van der Waals surface area contributed by atoms with Crippen LogP contribution in [0.5, 0.6) is 0 Å². The maximum absolute atomic E-state index is 12.6. The van der Waals surface area contributed by atoms with Crippen molar-refractivity contribution in [3.8, 4) is 11.1 Å². The molecule has 3 aromatic carbocycles. The van der Waals surface area contributed by atoms with Crippen molar-refractivity contribution in [1.82, 2.24) is 19.9 Å². The van der Waals surface area contributed by atoms with Crippen LogP contribution >= 0.6 is 0 Å². The lowest BCUT2D eigenvalue weighted by Crippen LogP contribution is -2.46. The summed E-state index contributed by atoms with van der Waals surface area (Å²) in [7, 11) is 0. The van der Waals surface area contributed by atoms with Crippen LogP contribution in [0.15, 0.2) is 97.5 Å². The third kappa shape index (κ3) is 6.24. The number of anilines is 1. The second-order valence-electron chi connectivity index (χ2n) is 10.6. The van der Waals surface area contributed by atoms with E-state index >= 15 is 0 Å². The number of rotatable bonds is 8. The summed E-state index contributed by atoms with van der Waals surface area (Å²) in [6, 6.07) is 26.8. The SMILES string of the molecule is Cc1cccc(CC(=O)Cc2ccc(-c3ccc4ncc(N5CCN(Cc6cccnc6)CC5)nc4c3)cc2)c1. The minimum absolute atomic E-state index is 0.227. The number of Topliss-reactive ketones (excluding diaryl/α,β-unsaturated/α-hetero) is 1. The molecule has 1 aliphatic rings. The van der Waals surface area contributed by atoms with Crippen LogP contribution in [0.4, 0.5) is 5.82 Å². The number of nitrogens with zero attached hydrogens (tertiary/aromatic N) is 5. The summed E-state index contributed by atoms with van der Waals surface area (Å²) < 4.78 is 0. The van der Waals surface area contributed by atoms with Crippen molar-refractivity contribution in [3.05, 3.63) is 120 Å². The van der Waals surface area contributed by atoms with Crippen LogP contribution in [-0.4, -0.2) is 51.8 Å². The van der Waals surface area contributed by atoms with E-state index in [0.717, 1.165) is 71.8 Å². The Hall–Kier alpha value is -4.42. The Bertz CT molecular complexity index is 1610. The lowest BCUT2D eigenvalue weighted by atomic mass is 9.99. The number of hydrogen-bond acceptors (Lipinski definition) is 6. The largest absolute Gasteiger partial charge is 0.353 e. The zero-order valence-corrected chi connectivity index (χ0v) is 22.8. The molecule has 1 saturated heterocycles. The summed E-state index contributed by atoms with van der Waals surface area (Å²) in [5.41, 5.74) is 8.52. The molecule has 200 valence electrons. The van der Waals surface area contributed by atoms with E-state index in [1.807, 2.05) is 42.9 Å². The molecule has 1 fully saturated rings. The van der Waals surface area contributed by atoms with Gasteiger partial charge in [-0.3, -0.25) is 19.7 Å². The summed E-state index contributed by atoms with van der Waals surface area (Å²) in [5, 5.41) is 0. The van der Waals surface area contributed by atoms with Gasteiger partial charge in [-0.05, 0) is 52.9 Å². The second-order valence-corrected chi connectivity index (χ2v) is 10.6. The molecule has 40 heavy (non-hydrogen) atoms. The normalized spacial score (nSPS) is 14.0. The quantitative estimate of drug-likeness (QED) is 0.259. The Kier molecular flexibility index (Phi) is 7.60. The van der Waals surface area contributed by atoms with Gasteiger partial charge in [0.1, 0.15) is 11.6 Å². The van der Waals surface area contributed by atoms with E-state index < -0.39 is 0 Å². The number of fused-ring (bicyclic) bond motifs is 1. The number of aromatic nitrogens is 3. The topological polar surface area (TPSA) is 62.2 Å². The van der Waals surface area contributed by atoms with E-state index in [1.54, 1.807) is 0 Å². The number of hydrogen-bond donors (Lipinski definition) is 0. The summed E-state index contributed by atoms with van der Waals surface area (Å²) >= 11 is 0. The van der Waals surface area contributed by atoms with Crippen molar-refractivity contribution < 1.29 is 4.79 Å². The fourth-order valence-electron chi connectivity index (χ4n) is 5.37. The van der Waals surface area contributed by atoms with Crippen LogP contribution < -0.4 is 4.90 Å². The molecule has 5 aromatic rings. The van der Waals surface area contributed by atoms with Crippen molar-refractivity contribution in [2.75, 3.05) is 31.1 Å². The molecule has 0 unspecified atom stereocenters. The van der Waals surface area contributed by atoms with Gasteiger partial charge < -0.3 is 4.90 Å². The number of carbonyl (C=O) groups excluding carboxylic acids is 1. The lowest BCUT2D eigenvalue weighted by molar-refractivity contribution is -0.117. The molecular formula is C34H33N5O. The molecule has 6 nitrogen and oxygen atoms in total. The predicted molar refractivity (Wildman–Crippen MR) is 160 cm³/mol. The second kappa shape index (κ2) is 11.8. The number of benzene rings is 3. The van der Waals surface area contributed by atoms with Gasteiger partial charge in [0.2, 0.25) is 0 Å². The van der Waals surface area contributed by atoms with Gasteiger partial charge in [0.05, 0.1) is 17.2 Å². The molecule has 0 N–H and O–H groups in total. The molecule has 0 saturated carbocycles. The number of aryl methyl sites for hydroxylation is 1. The molecule has 0 amide bonds. The molecule has 0 spiro atoms. The Morgan fingerprint density at radius 3 is 2.30 bits per heavy atom. The molecule has 0 atom stereocenters. The van der Waals surface area contributed by atoms with Crippen molar-refractivity contribution in [1.29, 1.82) is 0 Å². The number of piperazine rings is 1. The first-order valence-corrected chi connectivity index (χ1v) is 13.9. The van der Waals surface area contributed by atoms with E-state index in [-0.39, 0.29) is 5.78 Å². The maximum Gasteiger partial charge on any atom is 0.147 e. The van der Waals surface area contributed by atoms with Crippen LogP contribution in [0.25, 0.3) is 22.2 Å². The van der Waals surface area contributed by atoms with Gasteiger partial charge in [-0.25, -0.2) is 4.98 Å². The molecule has 2 aromatic heterocycles. The van der Waals surface area contributed by atoms with E-state index in [1.165, 1.54) is 11.1 Å². The molecule has 0 bridgehead atoms. The Balaban J connectivity index is 1.10. The Labute approximate surface area is 235 Å². The van der Waals surface area contributed by atoms with Gasteiger partial charge in [0, 0.05) is 58.0 Å². The van der Waals surface area contributed by atoms with E-state index in [4.69, 9.17) is 9.97 Å². The zero-order chi connectivity index (χ0) is 27.3. The summed E-state index contributed by atoms with van der Waals surface area (Å²) in [6.45, 7) is 6.78. The molecule has 3 heterocycles. The molecule has 1 aliphatic heterocycles. The highest BCUT2D eigenvalue weighted by Crippen LogP contribution is 2.25. The van der Waals surface area contributed by atoms with Crippen molar-refractivity contribution in [3.63, 3.8) is 0 Å². The van der Waals surface area contributed by atoms with E-state index in [2.05, 4.69) is 76.3 Å². The first-order chi connectivity index (χ1) is 19.6. The van der Waals surface area contributed by atoms with Crippen molar-refractivity contribution >= 4 is 22.6 Å². The minimum atomic E-state index is 0.227. The summed E-state index contributed by atoms with van der Waals surface area (Å²) in [5.74, 6) is 1.15. The van der Waals surface area contributed by atoms with Gasteiger partial charge in [-0.15, -0.1) is 0 Å². The number of pyridine rings is 1. The van der Waals surface area contributed by atoms with Crippen molar-refractivity contribution in [2.24, 2.45) is 0 Å². The van der Waals surface area contributed by atoms with Crippen LogP contribution in [0.1, 0.15) is 22.3 Å². The highest BCUT2D eigenvalue weighted by molar-refractivity contribution is 5.84. The standard InChI is InChI=1S/C34H33N5O/c1-25-4-2-5-27(18-25)20-31(40)19-26-7-9-29(10-8-26)30-11-12-32-33(21-30)37-34(23-36-32)39-16-14-38(15-17-39)24-28-6-3-13-35-22-28/h2-13,18,21-23H,14-17,19-20,24H2,1H3. The van der Waals surface area contributed by atoms with E-state index in [9.17, 15) is 4.79 Å². The van der Waals surface area contributed by atoms with Crippen LogP contribution in [0, 0.1) is 6.92 Å². The molecule has 6 heteroatoms. The first-order valence-electron chi connectivity index (χ1n) is 13.9. The summed E-state index contributed by atoms with van der Waals surface area (Å²) in [4.78, 5) is 31.3. The molecule has 0 aliphatic carbocycles. The smallest absolute Gasteiger partial charge is 0.147 e. The fourth-order valence-corrected chi connectivity index (χ4v) is 5.37. The van der Waals surface area contributed by atoms with Gasteiger partial charge in [-0.2, -0.15) is 0 Å². The van der Waals surface area contributed by atoms with Gasteiger partial charge in [-0.1, -0.05) is 66.2 Å². The minimum Gasteiger partial charge on any atom is -0.353 e. The Morgan fingerprint density at radius 2 is 1.52 bits per heavy atom. The van der Waals surface area contributed by atoms with Gasteiger partial charge >= 0.3 is 0 Å². The average Bonchev–Trinajstić information content (AvgIpc) is 2.98. The van der Waals surface area contributed by atoms with Crippen LogP contribution in [-0.2, 0) is 24.2 Å². The third-order valence-electron chi connectivity index (χ3n) is 7.53. The van der Waals surface area contributed by atoms with Gasteiger partial charge in [0.25, 0.3) is 0 Å². The van der Waals surface area contributed by atoms with Crippen LogP contribution in [0.2, 0.25) is 0 Å². The van der Waals surface area contributed by atoms with Crippen LogP contribution in [0.3, 0.4) is 0 Å². The monoisotopic (exact) mass is 527 g/mol.